The molecular weight excluding hydrogens is 426 g/mol. The molecule has 1 heterocycles. The second-order valence-electron chi connectivity index (χ2n) is 7.83. The normalized spacial score (nSPS) is 13.4. The topological polar surface area (TPSA) is 58.6 Å². The summed E-state index contributed by atoms with van der Waals surface area (Å²) >= 11 is 0. The minimum Gasteiger partial charge on any atom is -0.434 e. The van der Waals surface area contributed by atoms with Crippen molar-refractivity contribution in [3.63, 3.8) is 0 Å². The van der Waals surface area contributed by atoms with Gasteiger partial charge in [0.25, 0.3) is 5.91 Å². The summed E-state index contributed by atoms with van der Waals surface area (Å²) in [5.74, 6) is -0.460. The Morgan fingerprint density at radius 3 is 2.45 bits per heavy atom. The third-order valence-corrected chi connectivity index (χ3v) is 5.61. The second kappa shape index (κ2) is 10.3. The zero-order chi connectivity index (χ0) is 23.2. The van der Waals surface area contributed by atoms with Crippen LogP contribution in [0, 0.1) is 0 Å². The van der Waals surface area contributed by atoms with Gasteiger partial charge in [-0.15, -0.1) is 0 Å². The van der Waals surface area contributed by atoms with Gasteiger partial charge < -0.3 is 15.0 Å². The number of nitrogens with zero attached hydrogens (tertiary/aromatic N) is 1. The predicted molar refractivity (Wildman–Crippen MR) is 121 cm³/mol. The lowest BCUT2D eigenvalue weighted by Crippen LogP contribution is -2.24. The number of likely N-dealkylation sites (tertiary alicyclic amines) is 1. The Hall–Kier alpha value is -3.74. The van der Waals surface area contributed by atoms with Crippen molar-refractivity contribution in [2.45, 2.75) is 32.5 Å². The zero-order valence-corrected chi connectivity index (χ0v) is 18.0. The molecule has 0 atom stereocenters. The Balaban J connectivity index is 1.46. The molecule has 1 aliphatic rings. The van der Waals surface area contributed by atoms with E-state index in [0.29, 0.717) is 13.0 Å². The summed E-state index contributed by atoms with van der Waals surface area (Å²) in [5.41, 5.74) is 3.95. The standard InChI is InChI=1S/C26H24F2N2O3/c27-26(28)33-23-9-4-3-8-22(23)25(32)29-16-20-6-1-2-7-21(20)19-13-11-18(12-14-19)17-30-15-5-10-24(30)31/h1-4,6-9,11-14,26H,5,10,15-17H2,(H,29,32). The van der Waals surface area contributed by atoms with Gasteiger partial charge in [0, 0.05) is 26.1 Å². The number of halogens is 2. The van der Waals surface area contributed by atoms with E-state index in [1.807, 2.05) is 53.4 Å². The van der Waals surface area contributed by atoms with E-state index < -0.39 is 12.5 Å². The van der Waals surface area contributed by atoms with Gasteiger partial charge in [-0.1, -0.05) is 60.7 Å². The summed E-state index contributed by atoms with van der Waals surface area (Å²) in [4.78, 5) is 26.4. The van der Waals surface area contributed by atoms with Gasteiger partial charge in [-0.05, 0) is 40.8 Å². The number of hydrogen-bond acceptors (Lipinski definition) is 3. The average molecular weight is 450 g/mol. The molecule has 0 radical (unpaired) electrons. The van der Waals surface area contributed by atoms with Crippen molar-refractivity contribution in [1.82, 2.24) is 10.2 Å². The van der Waals surface area contributed by atoms with Crippen LogP contribution in [0.25, 0.3) is 11.1 Å². The third kappa shape index (κ3) is 5.55. The highest BCUT2D eigenvalue weighted by Gasteiger charge is 2.20. The molecule has 3 aromatic carbocycles. The van der Waals surface area contributed by atoms with E-state index in [9.17, 15) is 18.4 Å². The molecule has 0 saturated carbocycles. The molecule has 0 aromatic heterocycles. The summed E-state index contributed by atoms with van der Waals surface area (Å²) in [6.45, 7) is -1.38. The second-order valence-corrected chi connectivity index (χ2v) is 7.83. The molecule has 0 aliphatic carbocycles. The number of alkyl halides is 2. The Labute approximate surface area is 191 Å². The summed E-state index contributed by atoms with van der Waals surface area (Å²) in [7, 11) is 0. The highest BCUT2D eigenvalue weighted by Crippen LogP contribution is 2.26. The van der Waals surface area contributed by atoms with Crippen molar-refractivity contribution in [2.75, 3.05) is 6.54 Å². The van der Waals surface area contributed by atoms with Crippen molar-refractivity contribution in [2.24, 2.45) is 0 Å². The summed E-state index contributed by atoms with van der Waals surface area (Å²) in [5, 5.41) is 2.80. The molecule has 5 nitrogen and oxygen atoms in total. The molecule has 1 saturated heterocycles. The molecule has 1 aliphatic heterocycles. The Morgan fingerprint density at radius 2 is 1.73 bits per heavy atom. The minimum absolute atomic E-state index is 0.0519. The number of rotatable bonds is 8. The van der Waals surface area contributed by atoms with Crippen molar-refractivity contribution >= 4 is 11.8 Å². The van der Waals surface area contributed by atoms with Gasteiger partial charge >= 0.3 is 6.61 Å². The first kappa shape index (κ1) is 22.5. The van der Waals surface area contributed by atoms with Crippen LogP contribution in [0.2, 0.25) is 0 Å². The average Bonchev–Trinajstić information content (AvgIpc) is 3.22. The molecular formula is C26H24F2N2O3. The van der Waals surface area contributed by atoms with Crippen LogP contribution in [0.1, 0.15) is 34.3 Å². The van der Waals surface area contributed by atoms with Crippen molar-refractivity contribution in [3.8, 4) is 16.9 Å². The van der Waals surface area contributed by atoms with Crippen LogP contribution in [-0.4, -0.2) is 29.9 Å². The van der Waals surface area contributed by atoms with E-state index in [-0.39, 0.29) is 23.8 Å². The molecule has 0 spiro atoms. The van der Waals surface area contributed by atoms with Crippen LogP contribution in [0.15, 0.2) is 72.8 Å². The molecule has 1 fully saturated rings. The number of benzene rings is 3. The number of ether oxygens (including phenoxy) is 1. The molecule has 33 heavy (non-hydrogen) atoms. The van der Waals surface area contributed by atoms with E-state index in [1.165, 1.54) is 18.2 Å². The van der Waals surface area contributed by atoms with Crippen molar-refractivity contribution in [3.05, 3.63) is 89.5 Å². The first-order valence-corrected chi connectivity index (χ1v) is 10.8. The van der Waals surface area contributed by atoms with Crippen LogP contribution in [-0.2, 0) is 17.9 Å². The Kier molecular flexibility index (Phi) is 6.98. The first-order chi connectivity index (χ1) is 16.0. The minimum atomic E-state index is -3.01. The summed E-state index contributed by atoms with van der Waals surface area (Å²) in [6, 6.07) is 21.6. The van der Waals surface area contributed by atoms with Crippen molar-refractivity contribution in [1.29, 1.82) is 0 Å². The van der Waals surface area contributed by atoms with E-state index in [2.05, 4.69) is 10.1 Å². The lowest BCUT2D eigenvalue weighted by Gasteiger charge is -2.16. The van der Waals surface area contributed by atoms with Gasteiger partial charge in [-0.2, -0.15) is 8.78 Å². The van der Waals surface area contributed by atoms with Crippen LogP contribution >= 0.6 is 0 Å². The smallest absolute Gasteiger partial charge is 0.387 e. The van der Waals surface area contributed by atoms with Crippen LogP contribution < -0.4 is 10.1 Å². The van der Waals surface area contributed by atoms with Gasteiger partial charge in [0.15, 0.2) is 0 Å². The van der Waals surface area contributed by atoms with E-state index >= 15 is 0 Å². The van der Waals surface area contributed by atoms with Gasteiger partial charge in [0.05, 0.1) is 5.56 Å². The predicted octanol–water partition coefficient (Wildman–Crippen LogP) is 5.01. The van der Waals surface area contributed by atoms with Gasteiger partial charge in [0.2, 0.25) is 5.91 Å². The van der Waals surface area contributed by atoms with Crippen molar-refractivity contribution < 1.29 is 23.1 Å². The van der Waals surface area contributed by atoms with E-state index in [4.69, 9.17) is 0 Å². The number of para-hydroxylation sites is 1. The summed E-state index contributed by atoms with van der Waals surface area (Å²) in [6.07, 6.45) is 1.53. The SMILES string of the molecule is O=C(NCc1ccccc1-c1ccc(CN2CCCC2=O)cc1)c1ccccc1OC(F)F. The van der Waals surface area contributed by atoms with Crippen LogP contribution in [0.4, 0.5) is 8.78 Å². The fourth-order valence-corrected chi connectivity index (χ4v) is 3.96. The van der Waals surface area contributed by atoms with Crippen LogP contribution in [0.5, 0.6) is 5.75 Å². The molecule has 2 amide bonds. The van der Waals surface area contributed by atoms with Gasteiger partial charge in [0.1, 0.15) is 5.75 Å². The van der Waals surface area contributed by atoms with E-state index in [1.54, 1.807) is 6.07 Å². The monoisotopic (exact) mass is 450 g/mol. The van der Waals surface area contributed by atoms with Gasteiger partial charge in [-0.3, -0.25) is 9.59 Å². The number of nitrogens with one attached hydrogen (secondary N) is 1. The molecule has 1 N–H and O–H groups in total. The lowest BCUT2D eigenvalue weighted by molar-refractivity contribution is -0.128. The lowest BCUT2D eigenvalue weighted by atomic mass is 9.98. The Bertz CT molecular complexity index is 1130. The number of hydrogen-bond donors (Lipinski definition) is 1. The molecule has 4 rings (SSSR count). The number of amides is 2. The largest absolute Gasteiger partial charge is 0.434 e. The maximum Gasteiger partial charge on any atom is 0.387 e. The Morgan fingerprint density at radius 1 is 1.00 bits per heavy atom. The molecule has 170 valence electrons. The third-order valence-electron chi connectivity index (χ3n) is 5.61. The molecule has 0 bridgehead atoms. The maximum absolute atomic E-state index is 12.6. The van der Waals surface area contributed by atoms with E-state index in [0.717, 1.165) is 35.2 Å². The molecule has 3 aromatic rings. The fraction of sp³-hybridized carbons (Fsp3) is 0.231. The maximum atomic E-state index is 12.6. The highest BCUT2D eigenvalue weighted by molar-refractivity contribution is 5.97. The fourth-order valence-electron chi connectivity index (χ4n) is 3.96. The first-order valence-electron chi connectivity index (χ1n) is 10.8. The quantitative estimate of drug-likeness (QED) is 0.525. The summed E-state index contributed by atoms with van der Waals surface area (Å²) < 4.78 is 29.7. The molecule has 7 heteroatoms. The van der Waals surface area contributed by atoms with Crippen LogP contribution in [0.3, 0.4) is 0 Å². The number of carbonyl (C=O) groups excluding carboxylic acids is 2. The zero-order valence-electron chi connectivity index (χ0n) is 18.0. The number of carbonyl (C=O) groups is 2. The van der Waals surface area contributed by atoms with Gasteiger partial charge in [-0.25, -0.2) is 0 Å². The molecule has 0 unspecified atom stereocenters. The highest BCUT2D eigenvalue weighted by atomic mass is 19.3.